The highest BCUT2D eigenvalue weighted by molar-refractivity contribution is 5.83. The summed E-state index contributed by atoms with van der Waals surface area (Å²) in [5.41, 5.74) is 7.34. The zero-order chi connectivity index (χ0) is 23.4. The van der Waals surface area contributed by atoms with Gasteiger partial charge in [0.15, 0.2) is 11.5 Å². The van der Waals surface area contributed by atoms with Gasteiger partial charge >= 0.3 is 0 Å². The minimum absolute atomic E-state index is 0.0923. The number of primary amides is 1. The normalized spacial score (nSPS) is 10.6. The number of hydrogen-bond donors (Lipinski definition) is 3. The van der Waals surface area contributed by atoms with Gasteiger partial charge in [-0.25, -0.2) is 19.5 Å². The maximum absolute atomic E-state index is 11.3. The lowest BCUT2D eigenvalue weighted by atomic mass is 10.2. The van der Waals surface area contributed by atoms with Gasteiger partial charge in [0.2, 0.25) is 29.5 Å². The number of rotatable bonds is 9. The molecule has 12 nitrogen and oxygen atoms in total. The van der Waals surface area contributed by atoms with Gasteiger partial charge < -0.3 is 30.6 Å². The lowest BCUT2D eigenvalue weighted by Gasteiger charge is -2.15. The molecule has 33 heavy (non-hydrogen) atoms. The number of benzene rings is 2. The number of fused-ring (bicyclic) bond motifs is 1. The molecule has 2 aromatic carbocycles. The number of carbonyl (C=O) groups excluding carboxylic acids is 1. The number of aromatic nitrogens is 5. The second-order valence-electron chi connectivity index (χ2n) is 6.73. The van der Waals surface area contributed by atoms with Crippen molar-refractivity contribution in [2.24, 2.45) is 5.73 Å². The summed E-state index contributed by atoms with van der Waals surface area (Å²) in [4.78, 5) is 28.8. The van der Waals surface area contributed by atoms with E-state index in [1.165, 1.54) is 27.7 Å². The molecule has 2 heterocycles. The van der Waals surface area contributed by atoms with Gasteiger partial charge in [0.1, 0.15) is 6.33 Å². The van der Waals surface area contributed by atoms with Gasteiger partial charge in [-0.2, -0.15) is 4.98 Å². The number of methoxy groups -OCH3 is 3. The van der Waals surface area contributed by atoms with Crippen LogP contribution >= 0.6 is 0 Å². The molecule has 4 rings (SSSR count). The number of carbonyl (C=O) groups is 1. The van der Waals surface area contributed by atoms with Gasteiger partial charge in [-0.05, 0) is 12.1 Å². The topological polar surface area (TPSA) is 151 Å². The molecule has 0 unspecified atom stereocenters. The lowest BCUT2D eigenvalue weighted by Crippen LogP contribution is -2.23. The average molecular weight is 450 g/mol. The molecule has 0 atom stereocenters. The molecule has 0 aliphatic heterocycles. The SMILES string of the molecule is COc1cc(Nc2ncnc(-n3c(NCC(N)=O)nc4ccccc43)n2)cc(OC)c1OC. The maximum atomic E-state index is 11.3. The third-order valence-electron chi connectivity index (χ3n) is 4.66. The number of hydrogen-bond acceptors (Lipinski definition) is 10. The molecule has 0 saturated carbocycles. The number of imidazole rings is 1. The molecule has 0 spiro atoms. The molecular formula is C21H22N8O4. The van der Waals surface area contributed by atoms with Crippen LogP contribution in [0.5, 0.6) is 17.2 Å². The van der Waals surface area contributed by atoms with Gasteiger partial charge in [-0.1, -0.05) is 12.1 Å². The number of ether oxygens (including phenoxy) is 3. The molecular weight excluding hydrogens is 428 g/mol. The monoisotopic (exact) mass is 450 g/mol. The quantitative estimate of drug-likeness (QED) is 0.345. The molecule has 1 amide bonds. The van der Waals surface area contributed by atoms with Crippen molar-refractivity contribution in [3.8, 4) is 23.2 Å². The van der Waals surface area contributed by atoms with Crippen LogP contribution in [-0.2, 0) is 4.79 Å². The zero-order valence-electron chi connectivity index (χ0n) is 18.2. The van der Waals surface area contributed by atoms with Gasteiger partial charge in [0, 0.05) is 17.8 Å². The number of para-hydroxylation sites is 2. The van der Waals surface area contributed by atoms with Crippen molar-refractivity contribution in [2.75, 3.05) is 38.5 Å². The summed E-state index contributed by atoms with van der Waals surface area (Å²) in [6.45, 7) is -0.0923. The summed E-state index contributed by atoms with van der Waals surface area (Å²) < 4.78 is 17.8. The first-order chi connectivity index (χ1) is 16.0. The third-order valence-corrected chi connectivity index (χ3v) is 4.66. The second kappa shape index (κ2) is 9.26. The Morgan fingerprint density at radius 3 is 2.42 bits per heavy atom. The molecule has 0 bridgehead atoms. The summed E-state index contributed by atoms with van der Waals surface area (Å²) >= 11 is 0. The van der Waals surface area contributed by atoms with Crippen molar-refractivity contribution in [1.29, 1.82) is 0 Å². The van der Waals surface area contributed by atoms with Crippen molar-refractivity contribution < 1.29 is 19.0 Å². The first-order valence-corrected chi connectivity index (χ1v) is 9.80. The molecule has 0 aliphatic rings. The molecule has 0 saturated heterocycles. The summed E-state index contributed by atoms with van der Waals surface area (Å²) in [7, 11) is 4.60. The summed E-state index contributed by atoms with van der Waals surface area (Å²) in [6.07, 6.45) is 1.37. The van der Waals surface area contributed by atoms with Gasteiger partial charge in [-0.3, -0.25) is 4.79 Å². The predicted octanol–water partition coefficient (Wildman–Crippen LogP) is 1.88. The Labute approximate surface area is 188 Å². The van der Waals surface area contributed by atoms with Crippen molar-refractivity contribution in [3.63, 3.8) is 0 Å². The Morgan fingerprint density at radius 2 is 1.76 bits per heavy atom. The number of amides is 1. The first kappa shape index (κ1) is 21.6. The van der Waals surface area contributed by atoms with Gasteiger partial charge in [0.25, 0.3) is 0 Å². The Hall–Kier alpha value is -4.61. The van der Waals surface area contributed by atoms with E-state index in [9.17, 15) is 4.79 Å². The Balaban J connectivity index is 1.73. The Bertz CT molecular complexity index is 1280. The summed E-state index contributed by atoms with van der Waals surface area (Å²) in [5, 5.41) is 6.04. The van der Waals surface area contributed by atoms with E-state index in [0.717, 1.165) is 5.52 Å². The van der Waals surface area contributed by atoms with Crippen LogP contribution in [0.2, 0.25) is 0 Å². The standard InChI is InChI=1S/C21H22N8O4/c1-31-15-8-12(9-16(32-2)18(15)33-3)26-19-24-11-25-21(28-19)29-14-7-5-4-6-13(14)27-20(29)23-10-17(22)30/h4-9,11H,10H2,1-3H3,(H2,22,30)(H,23,27)(H,24,25,26,28). The van der Waals surface area contributed by atoms with E-state index in [1.54, 1.807) is 16.7 Å². The van der Waals surface area contributed by atoms with E-state index < -0.39 is 5.91 Å². The van der Waals surface area contributed by atoms with E-state index in [-0.39, 0.29) is 12.5 Å². The molecule has 170 valence electrons. The zero-order valence-corrected chi connectivity index (χ0v) is 18.2. The predicted molar refractivity (Wildman–Crippen MR) is 122 cm³/mol. The lowest BCUT2D eigenvalue weighted by molar-refractivity contribution is -0.116. The number of nitrogens with zero attached hydrogens (tertiary/aromatic N) is 5. The van der Waals surface area contributed by atoms with Crippen LogP contribution in [-0.4, -0.2) is 58.3 Å². The average Bonchev–Trinajstić information content (AvgIpc) is 3.20. The van der Waals surface area contributed by atoms with E-state index in [2.05, 4.69) is 30.6 Å². The largest absolute Gasteiger partial charge is 0.493 e. The highest BCUT2D eigenvalue weighted by Crippen LogP contribution is 2.40. The van der Waals surface area contributed by atoms with E-state index in [4.69, 9.17) is 19.9 Å². The Kier molecular flexibility index (Phi) is 6.06. The summed E-state index contributed by atoms with van der Waals surface area (Å²) in [5.74, 6) is 1.85. The molecule has 4 aromatic rings. The van der Waals surface area contributed by atoms with Crippen LogP contribution in [0.1, 0.15) is 0 Å². The van der Waals surface area contributed by atoms with E-state index in [0.29, 0.717) is 40.3 Å². The minimum Gasteiger partial charge on any atom is -0.493 e. The first-order valence-electron chi connectivity index (χ1n) is 9.80. The van der Waals surface area contributed by atoms with Crippen LogP contribution in [0.15, 0.2) is 42.7 Å². The minimum atomic E-state index is -0.519. The van der Waals surface area contributed by atoms with Gasteiger partial charge in [0.05, 0.1) is 38.9 Å². The molecule has 0 aliphatic carbocycles. The highest BCUT2D eigenvalue weighted by Gasteiger charge is 2.17. The fraction of sp³-hybridized carbons (Fsp3) is 0.190. The fourth-order valence-corrected chi connectivity index (χ4v) is 3.25. The van der Waals surface area contributed by atoms with Crippen molar-refractivity contribution >= 4 is 34.5 Å². The van der Waals surface area contributed by atoms with Crippen LogP contribution < -0.4 is 30.6 Å². The van der Waals surface area contributed by atoms with Crippen molar-refractivity contribution in [1.82, 2.24) is 24.5 Å². The van der Waals surface area contributed by atoms with Crippen molar-refractivity contribution in [2.45, 2.75) is 0 Å². The number of nitrogens with two attached hydrogens (primary N) is 1. The fourth-order valence-electron chi connectivity index (χ4n) is 3.25. The van der Waals surface area contributed by atoms with Crippen LogP contribution in [0.4, 0.5) is 17.6 Å². The Morgan fingerprint density at radius 1 is 1.03 bits per heavy atom. The van der Waals surface area contributed by atoms with E-state index >= 15 is 0 Å². The van der Waals surface area contributed by atoms with Crippen LogP contribution in [0.25, 0.3) is 17.0 Å². The van der Waals surface area contributed by atoms with E-state index in [1.807, 2.05) is 24.3 Å². The highest BCUT2D eigenvalue weighted by atomic mass is 16.5. The number of nitrogens with one attached hydrogen (secondary N) is 2. The smallest absolute Gasteiger partial charge is 0.241 e. The molecule has 0 radical (unpaired) electrons. The van der Waals surface area contributed by atoms with Crippen LogP contribution in [0.3, 0.4) is 0 Å². The summed E-state index contributed by atoms with van der Waals surface area (Å²) in [6, 6.07) is 10.9. The molecule has 4 N–H and O–H groups in total. The van der Waals surface area contributed by atoms with Gasteiger partial charge in [-0.15, -0.1) is 0 Å². The third kappa shape index (κ3) is 4.39. The number of anilines is 3. The van der Waals surface area contributed by atoms with Crippen LogP contribution in [0, 0.1) is 0 Å². The van der Waals surface area contributed by atoms with Crippen molar-refractivity contribution in [3.05, 3.63) is 42.7 Å². The molecule has 2 aromatic heterocycles. The maximum Gasteiger partial charge on any atom is 0.241 e. The second-order valence-corrected chi connectivity index (χ2v) is 6.73. The molecule has 0 fully saturated rings. The molecule has 12 heteroatoms.